The van der Waals surface area contributed by atoms with E-state index < -0.39 is 6.10 Å². The van der Waals surface area contributed by atoms with E-state index in [1.165, 1.54) is 0 Å². The topological polar surface area (TPSA) is 79.0 Å². The molecule has 1 aromatic rings. The number of β-amino-alcohol motifs (C(OH)–C–C–N with tert-alkyl or cyclic N) is 1. The molecule has 2 aliphatic heterocycles. The summed E-state index contributed by atoms with van der Waals surface area (Å²) in [4.78, 5) is 16.6. The molecule has 6 nitrogen and oxygen atoms in total. The highest BCUT2D eigenvalue weighted by Gasteiger charge is 2.34. The van der Waals surface area contributed by atoms with Gasteiger partial charge in [-0.25, -0.2) is 0 Å². The Labute approximate surface area is 143 Å². The zero-order valence-electron chi connectivity index (χ0n) is 14.0. The quantitative estimate of drug-likeness (QED) is 0.814. The number of aliphatic hydroxyl groups is 1. The van der Waals surface area contributed by atoms with Crippen LogP contribution in [-0.2, 0) is 9.53 Å². The average molecular weight is 333 g/mol. The van der Waals surface area contributed by atoms with Crippen LogP contribution >= 0.6 is 0 Å². The van der Waals surface area contributed by atoms with Crippen molar-refractivity contribution in [2.75, 3.05) is 39.3 Å². The Balaban J connectivity index is 1.45. The summed E-state index contributed by atoms with van der Waals surface area (Å²) in [6.07, 6.45) is 0.863. The summed E-state index contributed by atoms with van der Waals surface area (Å²) in [6.45, 7) is 4.02. The molecule has 2 heterocycles. The first-order valence-electron chi connectivity index (χ1n) is 8.77. The molecule has 6 heteroatoms. The number of nitrogens with two attached hydrogens (primary N) is 1. The van der Waals surface area contributed by atoms with Crippen molar-refractivity contribution < 1.29 is 14.6 Å². The fourth-order valence-electron chi connectivity index (χ4n) is 3.44. The fourth-order valence-corrected chi connectivity index (χ4v) is 3.44. The number of nitrogens with zero attached hydrogens (tertiary/aromatic N) is 2. The van der Waals surface area contributed by atoms with Crippen LogP contribution in [0.3, 0.4) is 0 Å². The van der Waals surface area contributed by atoms with Gasteiger partial charge in [0.1, 0.15) is 6.10 Å². The van der Waals surface area contributed by atoms with Crippen LogP contribution < -0.4 is 5.73 Å². The number of hydrogen-bond acceptors (Lipinski definition) is 5. The highest BCUT2D eigenvalue weighted by molar-refractivity contribution is 5.81. The molecule has 24 heavy (non-hydrogen) atoms. The maximum atomic E-state index is 12.5. The van der Waals surface area contributed by atoms with E-state index in [0.29, 0.717) is 26.2 Å². The summed E-state index contributed by atoms with van der Waals surface area (Å²) in [5.74, 6) is 0.0919. The molecule has 3 N–H and O–H groups in total. The second kappa shape index (κ2) is 8.07. The molecule has 1 aromatic carbocycles. The Kier molecular flexibility index (Phi) is 5.84. The average Bonchev–Trinajstić information content (AvgIpc) is 3.11. The minimum atomic E-state index is -0.489. The molecular formula is C18H27N3O3. The summed E-state index contributed by atoms with van der Waals surface area (Å²) in [7, 11) is 0. The number of amides is 1. The third-order valence-corrected chi connectivity index (χ3v) is 4.95. The normalized spacial score (nSPS) is 26.5. The second-order valence-corrected chi connectivity index (χ2v) is 6.61. The number of aliphatic hydroxyl groups excluding tert-OH is 1. The van der Waals surface area contributed by atoms with Gasteiger partial charge in [-0.1, -0.05) is 30.3 Å². The molecule has 0 aliphatic carbocycles. The molecule has 1 amide bonds. The molecule has 132 valence electrons. The van der Waals surface area contributed by atoms with Gasteiger partial charge in [0, 0.05) is 39.3 Å². The van der Waals surface area contributed by atoms with Crippen LogP contribution in [0.5, 0.6) is 0 Å². The van der Waals surface area contributed by atoms with Gasteiger partial charge in [0.2, 0.25) is 0 Å². The Morgan fingerprint density at radius 1 is 1.21 bits per heavy atom. The van der Waals surface area contributed by atoms with Gasteiger partial charge < -0.3 is 20.5 Å². The Morgan fingerprint density at radius 2 is 1.92 bits per heavy atom. The molecule has 3 rings (SSSR count). The van der Waals surface area contributed by atoms with Crippen molar-refractivity contribution in [2.45, 2.75) is 31.2 Å². The minimum Gasteiger partial charge on any atom is -0.387 e. The molecule has 0 spiro atoms. The molecule has 0 bridgehead atoms. The number of piperazine rings is 1. The van der Waals surface area contributed by atoms with Gasteiger partial charge in [-0.15, -0.1) is 0 Å². The van der Waals surface area contributed by atoms with Gasteiger partial charge in [0.05, 0.1) is 12.2 Å². The third-order valence-electron chi connectivity index (χ3n) is 4.95. The second-order valence-electron chi connectivity index (χ2n) is 6.61. The van der Waals surface area contributed by atoms with Gasteiger partial charge in [0.25, 0.3) is 5.91 Å². The van der Waals surface area contributed by atoms with Gasteiger partial charge in [-0.2, -0.15) is 0 Å². The third kappa shape index (κ3) is 4.13. The lowest BCUT2D eigenvalue weighted by molar-refractivity contribution is -0.144. The van der Waals surface area contributed by atoms with E-state index in [1.54, 1.807) is 0 Å². The number of carbonyl (C=O) groups is 1. The van der Waals surface area contributed by atoms with Gasteiger partial charge in [-0.3, -0.25) is 9.69 Å². The molecular weight excluding hydrogens is 306 g/mol. The fraction of sp³-hybridized carbons (Fsp3) is 0.611. The molecule has 0 aromatic heterocycles. The molecule has 2 aliphatic rings. The van der Waals surface area contributed by atoms with Gasteiger partial charge >= 0.3 is 0 Å². The van der Waals surface area contributed by atoms with Crippen molar-refractivity contribution in [2.24, 2.45) is 5.73 Å². The van der Waals surface area contributed by atoms with Crippen molar-refractivity contribution in [1.29, 1.82) is 0 Å². The summed E-state index contributed by atoms with van der Waals surface area (Å²) >= 11 is 0. The van der Waals surface area contributed by atoms with E-state index >= 15 is 0 Å². The smallest absolute Gasteiger partial charge is 0.251 e. The van der Waals surface area contributed by atoms with Crippen molar-refractivity contribution in [3.05, 3.63) is 35.9 Å². The Bertz CT molecular complexity index is 532. The Morgan fingerprint density at radius 3 is 2.54 bits per heavy atom. The number of rotatable bonds is 5. The van der Waals surface area contributed by atoms with Gasteiger partial charge in [-0.05, 0) is 18.4 Å². The number of carbonyl (C=O) groups excluding carboxylic acids is 1. The monoisotopic (exact) mass is 333 g/mol. The predicted octanol–water partition coefficient (Wildman–Crippen LogP) is 0.371. The number of hydrogen-bond donors (Lipinski definition) is 2. The maximum Gasteiger partial charge on any atom is 0.251 e. The summed E-state index contributed by atoms with van der Waals surface area (Å²) in [6, 6.07) is 9.70. The lowest BCUT2D eigenvalue weighted by atomic mass is 10.1. The van der Waals surface area contributed by atoms with Crippen LogP contribution in [0.15, 0.2) is 30.3 Å². The molecule has 2 saturated heterocycles. The van der Waals surface area contributed by atoms with Crippen molar-refractivity contribution in [1.82, 2.24) is 9.80 Å². The molecule has 1 unspecified atom stereocenters. The SMILES string of the molecule is NC[C@H]1CC[C@@H](C(=O)N2CCN(CC(O)c3ccccc3)CC2)O1. The van der Waals surface area contributed by atoms with Crippen molar-refractivity contribution in [3.63, 3.8) is 0 Å². The molecule has 0 saturated carbocycles. The van der Waals surface area contributed by atoms with Crippen LogP contribution in [0.25, 0.3) is 0 Å². The number of ether oxygens (including phenoxy) is 1. The summed E-state index contributed by atoms with van der Waals surface area (Å²) < 4.78 is 5.71. The van der Waals surface area contributed by atoms with E-state index in [9.17, 15) is 9.90 Å². The Hall–Kier alpha value is -1.47. The van der Waals surface area contributed by atoms with Crippen molar-refractivity contribution >= 4 is 5.91 Å². The summed E-state index contributed by atoms with van der Waals surface area (Å²) in [5, 5.41) is 10.3. The molecule has 3 atom stereocenters. The standard InChI is InChI=1S/C18H27N3O3/c19-12-15-6-7-17(24-15)18(23)21-10-8-20(9-11-21)13-16(22)14-4-2-1-3-5-14/h1-5,15-17,22H,6-13,19H2/t15-,16?,17+/m1/s1. The van der Waals surface area contributed by atoms with E-state index in [2.05, 4.69) is 4.90 Å². The van der Waals surface area contributed by atoms with E-state index in [0.717, 1.165) is 31.5 Å². The minimum absolute atomic E-state index is 0.0289. The van der Waals surface area contributed by atoms with E-state index in [-0.39, 0.29) is 18.1 Å². The maximum absolute atomic E-state index is 12.5. The van der Waals surface area contributed by atoms with E-state index in [4.69, 9.17) is 10.5 Å². The van der Waals surface area contributed by atoms with Crippen LogP contribution in [0, 0.1) is 0 Å². The van der Waals surface area contributed by atoms with Crippen LogP contribution in [-0.4, -0.2) is 72.3 Å². The highest BCUT2D eigenvalue weighted by atomic mass is 16.5. The zero-order valence-corrected chi connectivity index (χ0v) is 14.0. The summed E-state index contributed by atoms with van der Waals surface area (Å²) in [5.41, 5.74) is 6.54. The van der Waals surface area contributed by atoms with Crippen LogP contribution in [0.2, 0.25) is 0 Å². The lowest BCUT2D eigenvalue weighted by Gasteiger charge is -2.36. The molecule has 0 radical (unpaired) electrons. The first-order chi connectivity index (χ1) is 11.7. The molecule has 2 fully saturated rings. The first kappa shape index (κ1) is 17.4. The largest absolute Gasteiger partial charge is 0.387 e. The van der Waals surface area contributed by atoms with Crippen LogP contribution in [0.1, 0.15) is 24.5 Å². The van der Waals surface area contributed by atoms with Crippen LogP contribution in [0.4, 0.5) is 0 Å². The number of benzene rings is 1. The lowest BCUT2D eigenvalue weighted by Crippen LogP contribution is -2.52. The zero-order chi connectivity index (χ0) is 16.9. The first-order valence-corrected chi connectivity index (χ1v) is 8.77. The van der Waals surface area contributed by atoms with Crippen molar-refractivity contribution in [3.8, 4) is 0 Å². The predicted molar refractivity (Wildman–Crippen MR) is 91.4 cm³/mol. The highest BCUT2D eigenvalue weighted by Crippen LogP contribution is 2.22. The van der Waals surface area contributed by atoms with Gasteiger partial charge in [0.15, 0.2) is 0 Å². The van der Waals surface area contributed by atoms with E-state index in [1.807, 2.05) is 35.2 Å².